The molecule has 0 heterocycles. The van der Waals surface area contributed by atoms with Gasteiger partial charge < -0.3 is 31.3 Å². The van der Waals surface area contributed by atoms with E-state index >= 15 is 0 Å². The van der Waals surface area contributed by atoms with Crippen molar-refractivity contribution in [3.8, 4) is 0 Å². The molecule has 0 amide bonds. The van der Waals surface area contributed by atoms with E-state index < -0.39 is 23.1 Å². The molecule has 0 unspecified atom stereocenters. The molecule has 0 aliphatic rings. The van der Waals surface area contributed by atoms with Crippen molar-refractivity contribution in [3.63, 3.8) is 0 Å². The van der Waals surface area contributed by atoms with Crippen LogP contribution < -0.4 is 80.8 Å². The van der Waals surface area contributed by atoms with E-state index in [4.69, 9.17) is 11.5 Å². The molecule has 0 saturated heterocycles. The first-order valence-electron chi connectivity index (χ1n) is 3.55. The number of anilines is 2. The third kappa shape index (κ3) is 3.97. The Morgan fingerprint density at radius 3 is 1.88 bits per heavy atom. The van der Waals surface area contributed by atoms with Gasteiger partial charge in [-0.05, 0) is 12.1 Å². The predicted molar refractivity (Wildman–Crippen MR) is 43.9 cm³/mol. The van der Waals surface area contributed by atoms with Gasteiger partial charge in [0.25, 0.3) is 0 Å². The second-order valence-corrected chi connectivity index (χ2v) is 2.61. The first-order chi connectivity index (χ1) is 6.43. The maximum Gasteiger partial charge on any atom is 1.00 e. The molecule has 0 bridgehead atoms. The van der Waals surface area contributed by atoms with E-state index in [2.05, 4.69) is 0 Å². The molecule has 0 aliphatic heterocycles. The van der Waals surface area contributed by atoms with Gasteiger partial charge in [-0.25, -0.2) is 0 Å². The van der Waals surface area contributed by atoms with Crippen molar-refractivity contribution in [1.82, 2.24) is 0 Å². The summed E-state index contributed by atoms with van der Waals surface area (Å²) in [6.45, 7) is 0. The fourth-order valence-electron chi connectivity index (χ4n) is 1.08. The molecule has 1 aromatic rings. The zero-order chi connectivity index (χ0) is 10.9. The number of hydrogen-bond donors (Lipinski definition) is 2. The van der Waals surface area contributed by atoms with Crippen LogP contribution >= 0.6 is 0 Å². The van der Waals surface area contributed by atoms with Crippen LogP contribution in [0.1, 0.15) is 20.7 Å². The number of carbonyl (C=O) groups excluding carboxylic acids is 2. The number of rotatable bonds is 2. The van der Waals surface area contributed by atoms with Crippen molar-refractivity contribution < 1.29 is 78.9 Å². The van der Waals surface area contributed by atoms with Crippen LogP contribution in [0.15, 0.2) is 12.1 Å². The van der Waals surface area contributed by atoms with Crippen molar-refractivity contribution in [2.24, 2.45) is 0 Å². The van der Waals surface area contributed by atoms with Crippen LogP contribution in [0.25, 0.3) is 0 Å². The Morgan fingerprint density at radius 1 is 1.00 bits per heavy atom. The summed E-state index contributed by atoms with van der Waals surface area (Å²) < 4.78 is 0. The van der Waals surface area contributed by atoms with E-state index in [0.29, 0.717) is 0 Å². The summed E-state index contributed by atoms with van der Waals surface area (Å²) in [7, 11) is 0. The Bertz CT molecular complexity index is 423. The van der Waals surface area contributed by atoms with E-state index in [1.54, 1.807) is 0 Å². The van der Waals surface area contributed by atoms with Crippen molar-refractivity contribution in [3.05, 3.63) is 23.3 Å². The van der Waals surface area contributed by atoms with Gasteiger partial charge in [0.05, 0.1) is 11.9 Å². The van der Waals surface area contributed by atoms with Crippen LogP contribution in [0.5, 0.6) is 0 Å². The molecular formula is C8H6N2Na2O4. The average Bonchev–Trinajstić information content (AvgIpc) is 2.01. The van der Waals surface area contributed by atoms with Gasteiger partial charge in [0.2, 0.25) is 0 Å². The van der Waals surface area contributed by atoms with Crippen molar-refractivity contribution >= 4 is 23.3 Å². The van der Waals surface area contributed by atoms with Crippen LogP contribution in [0.4, 0.5) is 11.4 Å². The summed E-state index contributed by atoms with van der Waals surface area (Å²) in [5, 5.41) is 21.1. The van der Waals surface area contributed by atoms with Gasteiger partial charge in [0, 0.05) is 22.5 Å². The number of nitrogen functional groups attached to an aromatic ring is 2. The zero-order valence-corrected chi connectivity index (χ0v) is 12.9. The Morgan fingerprint density at radius 2 is 1.50 bits per heavy atom. The monoisotopic (exact) mass is 240 g/mol. The maximum atomic E-state index is 10.5. The minimum absolute atomic E-state index is 0. The number of carboxylic acid groups (broad SMARTS) is 2. The third-order valence-corrected chi connectivity index (χ3v) is 1.62. The normalized spacial score (nSPS) is 8.50. The van der Waals surface area contributed by atoms with Crippen LogP contribution in [0.2, 0.25) is 0 Å². The first-order valence-corrected chi connectivity index (χ1v) is 3.55. The largest absolute Gasteiger partial charge is 1.00 e. The van der Waals surface area contributed by atoms with E-state index in [1.165, 1.54) is 0 Å². The summed E-state index contributed by atoms with van der Waals surface area (Å²) in [6, 6.07) is 2.09. The summed E-state index contributed by atoms with van der Waals surface area (Å²) >= 11 is 0. The quantitative estimate of drug-likeness (QED) is 0.389. The number of hydrogen-bond acceptors (Lipinski definition) is 6. The molecule has 0 atom stereocenters. The standard InChI is InChI=1S/C8H8N2O4.2Na/c9-3-1-4(7(11)12)6(8(13)14)5(10)2-3;;/h1-2H,9-10H2,(H,11,12)(H,13,14);;/q;2*+1/p-2. The van der Waals surface area contributed by atoms with Gasteiger partial charge in [-0.15, -0.1) is 0 Å². The molecule has 74 valence electrons. The zero-order valence-electron chi connectivity index (χ0n) is 8.94. The van der Waals surface area contributed by atoms with Crippen LogP contribution in [0, 0.1) is 0 Å². The molecule has 8 heteroatoms. The molecular weight excluding hydrogens is 234 g/mol. The van der Waals surface area contributed by atoms with Crippen LogP contribution in [-0.2, 0) is 0 Å². The van der Waals surface area contributed by atoms with E-state index in [-0.39, 0.29) is 70.5 Å². The molecule has 16 heavy (non-hydrogen) atoms. The summed E-state index contributed by atoms with van der Waals surface area (Å²) in [5.74, 6) is -3.34. The minimum Gasteiger partial charge on any atom is -0.545 e. The summed E-state index contributed by atoms with van der Waals surface area (Å²) in [6.07, 6.45) is 0. The molecule has 1 rings (SSSR count). The van der Waals surface area contributed by atoms with E-state index in [0.717, 1.165) is 12.1 Å². The Kier molecular flexibility index (Phi) is 8.11. The maximum absolute atomic E-state index is 10.5. The number of nitrogens with two attached hydrogens (primary N) is 2. The van der Waals surface area contributed by atoms with Gasteiger partial charge in [-0.3, -0.25) is 0 Å². The summed E-state index contributed by atoms with van der Waals surface area (Å²) in [5.41, 5.74) is 9.15. The van der Waals surface area contributed by atoms with Crippen molar-refractivity contribution in [2.75, 3.05) is 11.5 Å². The molecule has 0 aromatic heterocycles. The van der Waals surface area contributed by atoms with Gasteiger partial charge >= 0.3 is 59.1 Å². The molecule has 0 radical (unpaired) electrons. The van der Waals surface area contributed by atoms with E-state index in [9.17, 15) is 19.8 Å². The molecule has 4 N–H and O–H groups in total. The molecule has 0 spiro atoms. The van der Waals surface area contributed by atoms with E-state index in [1.807, 2.05) is 0 Å². The number of benzene rings is 1. The number of aromatic carboxylic acids is 2. The Hall–Kier alpha value is -0.240. The summed E-state index contributed by atoms with van der Waals surface area (Å²) in [4.78, 5) is 21.1. The molecule has 0 saturated carbocycles. The topological polar surface area (TPSA) is 132 Å². The van der Waals surface area contributed by atoms with Crippen LogP contribution in [-0.4, -0.2) is 11.9 Å². The molecule has 0 aliphatic carbocycles. The fourth-order valence-corrected chi connectivity index (χ4v) is 1.08. The van der Waals surface area contributed by atoms with Gasteiger partial charge in [-0.1, -0.05) is 0 Å². The average molecular weight is 240 g/mol. The van der Waals surface area contributed by atoms with Crippen molar-refractivity contribution in [1.29, 1.82) is 0 Å². The first kappa shape index (κ1) is 18.1. The predicted octanol–water partition coefficient (Wildman–Crippen LogP) is -8.41. The fraction of sp³-hybridized carbons (Fsp3) is 0. The van der Waals surface area contributed by atoms with Gasteiger partial charge in [0.15, 0.2) is 0 Å². The number of carbonyl (C=O) groups is 2. The van der Waals surface area contributed by atoms with Gasteiger partial charge in [-0.2, -0.15) is 0 Å². The third-order valence-electron chi connectivity index (χ3n) is 1.62. The van der Waals surface area contributed by atoms with Gasteiger partial charge in [0.1, 0.15) is 0 Å². The second kappa shape index (κ2) is 7.16. The molecule has 1 aromatic carbocycles. The van der Waals surface area contributed by atoms with Crippen LogP contribution in [0.3, 0.4) is 0 Å². The Labute approximate surface area is 136 Å². The van der Waals surface area contributed by atoms with Crippen molar-refractivity contribution in [2.45, 2.75) is 0 Å². The minimum atomic E-state index is -1.68. The smallest absolute Gasteiger partial charge is 0.545 e. The molecule has 6 nitrogen and oxygen atoms in total. The Balaban J connectivity index is 0. The molecule has 0 fully saturated rings. The second-order valence-electron chi connectivity index (χ2n) is 2.61. The number of carboxylic acids is 2. The SMILES string of the molecule is Nc1cc(N)c(C(=O)[O-])c(C(=O)[O-])c1.[Na+].[Na+].